The molecule has 0 aromatic heterocycles. The van der Waals surface area contributed by atoms with E-state index >= 15 is 0 Å². The summed E-state index contributed by atoms with van der Waals surface area (Å²) < 4.78 is 11.9. The van der Waals surface area contributed by atoms with Crippen LogP contribution in [0.4, 0.5) is 0 Å². The molecule has 0 amide bonds. The fraction of sp³-hybridized carbons (Fsp3) is 0.500. The van der Waals surface area contributed by atoms with Crippen molar-refractivity contribution >= 4 is 24.8 Å². The van der Waals surface area contributed by atoms with Crippen molar-refractivity contribution in [1.29, 1.82) is 0 Å². The third-order valence-electron chi connectivity index (χ3n) is 4.17. The van der Waals surface area contributed by atoms with Crippen LogP contribution in [0, 0.1) is 0 Å². The lowest BCUT2D eigenvalue weighted by atomic mass is 9.89. The van der Waals surface area contributed by atoms with E-state index in [1.54, 1.807) is 0 Å². The first-order valence-electron chi connectivity index (χ1n) is 7.07. The van der Waals surface area contributed by atoms with Crippen molar-refractivity contribution in [3.8, 4) is 0 Å². The van der Waals surface area contributed by atoms with E-state index in [1.807, 2.05) is 45.8 Å². The molecule has 1 fully saturated rings. The smallest absolute Gasteiger partial charge is 0.400 e. The van der Waals surface area contributed by atoms with Crippen molar-refractivity contribution in [2.45, 2.75) is 52.2 Å². The van der Waals surface area contributed by atoms with Crippen molar-refractivity contribution in [3.63, 3.8) is 0 Å². The fourth-order valence-corrected chi connectivity index (χ4v) is 2.27. The molecule has 1 saturated heterocycles. The van der Waals surface area contributed by atoms with Crippen molar-refractivity contribution in [2.24, 2.45) is 0 Å². The number of rotatable bonds is 3. The predicted molar refractivity (Wildman–Crippen MR) is 85.9 cm³/mol. The maximum absolute atomic E-state index is 6.22. The molecule has 0 aliphatic carbocycles. The average Bonchev–Trinajstić information content (AvgIpc) is 2.57. The molecule has 1 aromatic rings. The highest BCUT2D eigenvalue weighted by Gasteiger charge is 2.49. The SMILES string of the molecule is CCc1ccc(Cl)c(/C=C/B2OC(C)(C)C(C)(C)O2)c1. The Morgan fingerprint density at radius 1 is 1.15 bits per heavy atom. The first-order chi connectivity index (χ1) is 9.25. The molecule has 0 saturated carbocycles. The van der Waals surface area contributed by atoms with Gasteiger partial charge in [-0.25, -0.2) is 0 Å². The molecule has 2 nitrogen and oxygen atoms in total. The van der Waals surface area contributed by atoms with E-state index in [4.69, 9.17) is 20.9 Å². The Kier molecular flexibility index (Phi) is 4.34. The second kappa shape index (κ2) is 5.55. The topological polar surface area (TPSA) is 18.5 Å². The summed E-state index contributed by atoms with van der Waals surface area (Å²) in [5.41, 5.74) is 1.65. The Labute approximate surface area is 127 Å². The van der Waals surface area contributed by atoms with E-state index in [1.165, 1.54) is 5.56 Å². The van der Waals surface area contributed by atoms with Crippen LogP contribution >= 0.6 is 11.6 Å². The number of hydrogen-bond acceptors (Lipinski definition) is 2. The van der Waals surface area contributed by atoms with Gasteiger partial charge in [0.1, 0.15) is 0 Å². The standard InChI is InChI=1S/C16H22BClO2/c1-6-12-7-8-14(18)13(11-12)9-10-17-19-15(2,3)16(4,5)20-17/h7-11H,6H2,1-5H3/b10-9+. The van der Waals surface area contributed by atoms with Gasteiger partial charge in [0.15, 0.2) is 0 Å². The molecule has 1 aliphatic heterocycles. The van der Waals surface area contributed by atoms with Crippen LogP contribution in [-0.2, 0) is 15.7 Å². The maximum atomic E-state index is 6.22. The van der Waals surface area contributed by atoms with E-state index in [0.29, 0.717) is 0 Å². The van der Waals surface area contributed by atoms with Gasteiger partial charge < -0.3 is 9.31 Å². The summed E-state index contributed by atoms with van der Waals surface area (Å²) in [6.45, 7) is 10.3. The van der Waals surface area contributed by atoms with Gasteiger partial charge in [0.05, 0.1) is 11.2 Å². The molecule has 1 aliphatic rings. The van der Waals surface area contributed by atoms with Crippen molar-refractivity contribution in [3.05, 3.63) is 40.3 Å². The second-order valence-electron chi connectivity index (χ2n) is 6.19. The highest BCUT2D eigenvalue weighted by molar-refractivity contribution is 6.52. The average molecular weight is 293 g/mol. The van der Waals surface area contributed by atoms with Gasteiger partial charge in [0.25, 0.3) is 0 Å². The Hall–Kier alpha value is -0.765. The molecular formula is C16H22BClO2. The highest BCUT2D eigenvalue weighted by atomic mass is 35.5. The molecule has 0 N–H and O–H groups in total. The minimum absolute atomic E-state index is 0.308. The van der Waals surface area contributed by atoms with E-state index < -0.39 is 0 Å². The predicted octanol–water partition coefficient (Wildman–Crippen LogP) is 4.55. The zero-order valence-electron chi connectivity index (χ0n) is 12.9. The maximum Gasteiger partial charge on any atom is 0.487 e. The summed E-state index contributed by atoms with van der Waals surface area (Å²) in [5, 5.41) is 0.745. The normalized spacial score (nSPS) is 20.8. The number of hydrogen-bond donors (Lipinski definition) is 0. The summed E-state index contributed by atoms with van der Waals surface area (Å²) in [4.78, 5) is 0. The van der Waals surface area contributed by atoms with Gasteiger partial charge >= 0.3 is 7.12 Å². The molecule has 4 heteroatoms. The van der Waals surface area contributed by atoms with Gasteiger partial charge in [0.2, 0.25) is 0 Å². The third kappa shape index (κ3) is 3.11. The zero-order valence-corrected chi connectivity index (χ0v) is 13.6. The van der Waals surface area contributed by atoms with Crippen LogP contribution in [0.25, 0.3) is 6.08 Å². The summed E-state index contributed by atoms with van der Waals surface area (Å²) in [5.74, 6) is 1.93. The Morgan fingerprint density at radius 3 is 2.30 bits per heavy atom. The van der Waals surface area contributed by atoms with Crippen LogP contribution in [0.15, 0.2) is 24.2 Å². The molecule has 108 valence electrons. The van der Waals surface area contributed by atoms with Gasteiger partial charge in [0, 0.05) is 5.02 Å². The molecule has 1 heterocycles. The Morgan fingerprint density at radius 2 is 1.75 bits per heavy atom. The molecular weight excluding hydrogens is 270 g/mol. The van der Waals surface area contributed by atoms with E-state index in [0.717, 1.165) is 17.0 Å². The molecule has 0 atom stereocenters. The lowest BCUT2D eigenvalue weighted by Crippen LogP contribution is -2.41. The van der Waals surface area contributed by atoms with E-state index in [9.17, 15) is 0 Å². The largest absolute Gasteiger partial charge is 0.487 e. The lowest BCUT2D eigenvalue weighted by molar-refractivity contribution is 0.00578. The molecule has 0 unspecified atom stereocenters. The van der Waals surface area contributed by atoms with Gasteiger partial charge in [-0.1, -0.05) is 42.7 Å². The molecule has 0 bridgehead atoms. The number of benzene rings is 1. The van der Waals surface area contributed by atoms with Crippen molar-refractivity contribution in [2.75, 3.05) is 0 Å². The zero-order chi connectivity index (χ0) is 15.0. The number of halogens is 1. The van der Waals surface area contributed by atoms with Gasteiger partial charge in [-0.2, -0.15) is 0 Å². The molecule has 1 aromatic carbocycles. The van der Waals surface area contributed by atoms with Crippen LogP contribution in [0.1, 0.15) is 45.7 Å². The summed E-state index contributed by atoms with van der Waals surface area (Å²) >= 11 is 6.22. The van der Waals surface area contributed by atoms with Gasteiger partial charge in [-0.05, 0) is 51.3 Å². The molecule has 2 rings (SSSR count). The van der Waals surface area contributed by atoms with Crippen molar-refractivity contribution in [1.82, 2.24) is 0 Å². The van der Waals surface area contributed by atoms with Gasteiger partial charge in [-0.15, -0.1) is 0 Å². The Balaban J connectivity index is 2.15. The summed E-state index contributed by atoms with van der Waals surface area (Å²) in [7, 11) is -0.332. The van der Waals surface area contributed by atoms with E-state index in [2.05, 4.69) is 19.1 Å². The van der Waals surface area contributed by atoms with Crippen LogP contribution in [0.3, 0.4) is 0 Å². The quantitative estimate of drug-likeness (QED) is 0.761. The van der Waals surface area contributed by atoms with E-state index in [-0.39, 0.29) is 18.3 Å². The molecule has 0 radical (unpaired) electrons. The molecule has 20 heavy (non-hydrogen) atoms. The van der Waals surface area contributed by atoms with Crippen LogP contribution in [0.2, 0.25) is 5.02 Å². The lowest BCUT2D eigenvalue weighted by Gasteiger charge is -2.32. The minimum atomic E-state index is -0.332. The second-order valence-corrected chi connectivity index (χ2v) is 6.60. The first kappa shape index (κ1) is 15.6. The first-order valence-corrected chi connectivity index (χ1v) is 7.45. The monoisotopic (exact) mass is 292 g/mol. The van der Waals surface area contributed by atoms with Crippen molar-refractivity contribution < 1.29 is 9.31 Å². The van der Waals surface area contributed by atoms with Crippen LogP contribution in [0.5, 0.6) is 0 Å². The van der Waals surface area contributed by atoms with Crippen LogP contribution < -0.4 is 0 Å². The third-order valence-corrected chi connectivity index (χ3v) is 4.52. The Bertz CT molecular complexity index is 507. The number of aryl methyl sites for hydroxylation is 1. The van der Waals surface area contributed by atoms with Crippen LogP contribution in [-0.4, -0.2) is 18.3 Å². The fourth-order valence-electron chi connectivity index (χ4n) is 2.09. The van der Waals surface area contributed by atoms with Gasteiger partial charge in [-0.3, -0.25) is 0 Å². The summed E-state index contributed by atoms with van der Waals surface area (Å²) in [6, 6.07) is 6.09. The molecule has 0 spiro atoms. The summed E-state index contributed by atoms with van der Waals surface area (Å²) in [6.07, 6.45) is 2.97. The minimum Gasteiger partial charge on any atom is -0.400 e. The highest BCUT2D eigenvalue weighted by Crippen LogP contribution is 2.37.